The van der Waals surface area contributed by atoms with Gasteiger partial charge in [-0.05, 0) is 18.9 Å². The van der Waals surface area contributed by atoms with Gasteiger partial charge in [-0.15, -0.1) is 0 Å². The molecule has 4 nitrogen and oxygen atoms in total. The number of ketones is 1. The molecule has 0 aliphatic heterocycles. The lowest BCUT2D eigenvalue weighted by Gasteiger charge is -2.39. The molecule has 0 unspecified atom stereocenters. The molecule has 2 rings (SSSR count). The summed E-state index contributed by atoms with van der Waals surface area (Å²) >= 11 is 0. The Labute approximate surface area is 94.8 Å². The van der Waals surface area contributed by atoms with E-state index in [0.717, 1.165) is 19.3 Å². The summed E-state index contributed by atoms with van der Waals surface area (Å²) < 4.78 is 5.06. The van der Waals surface area contributed by atoms with Crippen LogP contribution in [0.3, 0.4) is 0 Å². The molecule has 16 heavy (non-hydrogen) atoms. The number of nitrogens with two attached hydrogens (primary N) is 1. The Morgan fingerprint density at radius 1 is 1.56 bits per heavy atom. The third kappa shape index (κ3) is 1.69. The number of hydrogen-bond donors (Lipinski definition) is 1. The Bertz CT molecular complexity index is 394. The Kier molecular flexibility index (Phi) is 2.92. The molecule has 0 saturated heterocycles. The predicted octanol–water partition coefficient (Wildman–Crippen LogP) is 1.40. The van der Waals surface area contributed by atoms with Crippen LogP contribution in [0.1, 0.15) is 29.6 Å². The largest absolute Gasteiger partial charge is 0.495 e. The summed E-state index contributed by atoms with van der Waals surface area (Å²) in [5.41, 5.74) is 5.97. The molecule has 1 aliphatic carbocycles. The van der Waals surface area contributed by atoms with E-state index in [0.29, 0.717) is 17.9 Å². The van der Waals surface area contributed by atoms with Crippen molar-refractivity contribution in [1.29, 1.82) is 0 Å². The molecule has 0 atom stereocenters. The highest BCUT2D eigenvalue weighted by atomic mass is 16.5. The summed E-state index contributed by atoms with van der Waals surface area (Å²) in [5, 5.41) is 0. The van der Waals surface area contributed by atoms with Gasteiger partial charge in [0.1, 0.15) is 5.75 Å². The summed E-state index contributed by atoms with van der Waals surface area (Å²) in [4.78, 5) is 16.3. The third-order valence-corrected chi connectivity index (χ3v) is 3.39. The van der Waals surface area contributed by atoms with E-state index in [-0.39, 0.29) is 11.2 Å². The first kappa shape index (κ1) is 11.1. The van der Waals surface area contributed by atoms with Crippen LogP contribution < -0.4 is 10.5 Å². The first-order valence-electron chi connectivity index (χ1n) is 5.46. The van der Waals surface area contributed by atoms with Crippen LogP contribution in [0.5, 0.6) is 5.75 Å². The van der Waals surface area contributed by atoms with Gasteiger partial charge in [-0.25, -0.2) is 0 Å². The fraction of sp³-hybridized carbons (Fsp3) is 0.500. The number of nitrogens with zero attached hydrogens (tertiary/aromatic N) is 1. The number of carbonyl (C=O) groups excluding carboxylic acids is 1. The van der Waals surface area contributed by atoms with Crippen LogP contribution in [0, 0.1) is 5.41 Å². The Morgan fingerprint density at radius 3 is 2.81 bits per heavy atom. The van der Waals surface area contributed by atoms with E-state index in [1.165, 1.54) is 0 Å². The van der Waals surface area contributed by atoms with Crippen molar-refractivity contribution >= 4 is 5.78 Å². The quantitative estimate of drug-likeness (QED) is 0.779. The van der Waals surface area contributed by atoms with Gasteiger partial charge in [0, 0.05) is 23.7 Å². The second-order valence-corrected chi connectivity index (χ2v) is 4.28. The van der Waals surface area contributed by atoms with Crippen LogP contribution in [0.25, 0.3) is 0 Å². The van der Waals surface area contributed by atoms with Crippen LogP contribution in [0.15, 0.2) is 18.5 Å². The van der Waals surface area contributed by atoms with Crippen molar-refractivity contribution in [2.24, 2.45) is 11.1 Å². The molecule has 1 heterocycles. The normalized spacial score (nSPS) is 17.6. The molecule has 0 spiro atoms. The van der Waals surface area contributed by atoms with Gasteiger partial charge < -0.3 is 10.5 Å². The number of carbonyl (C=O) groups is 1. The van der Waals surface area contributed by atoms with Crippen molar-refractivity contribution in [1.82, 2.24) is 4.98 Å². The van der Waals surface area contributed by atoms with Gasteiger partial charge >= 0.3 is 0 Å². The fourth-order valence-corrected chi connectivity index (χ4v) is 2.09. The predicted molar refractivity (Wildman–Crippen MR) is 60.5 cm³/mol. The summed E-state index contributed by atoms with van der Waals surface area (Å²) in [7, 11) is 1.56. The minimum atomic E-state index is -0.339. The summed E-state index contributed by atoms with van der Waals surface area (Å²) in [6.07, 6.45) is 6.03. The molecule has 4 heteroatoms. The minimum Gasteiger partial charge on any atom is -0.495 e. The minimum absolute atomic E-state index is 0.104. The lowest BCUT2D eigenvalue weighted by molar-refractivity contribution is 0.0635. The molecular weight excluding hydrogens is 204 g/mol. The summed E-state index contributed by atoms with van der Waals surface area (Å²) in [6.45, 7) is 0.420. The first-order valence-corrected chi connectivity index (χ1v) is 5.46. The maximum absolute atomic E-state index is 12.3. The smallest absolute Gasteiger partial charge is 0.171 e. The van der Waals surface area contributed by atoms with Gasteiger partial charge in [-0.1, -0.05) is 6.42 Å². The summed E-state index contributed by atoms with van der Waals surface area (Å²) in [6, 6.07) is 1.73. The van der Waals surface area contributed by atoms with Crippen molar-refractivity contribution < 1.29 is 9.53 Å². The van der Waals surface area contributed by atoms with Gasteiger partial charge in [0.25, 0.3) is 0 Å². The molecule has 1 fully saturated rings. The van der Waals surface area contributed by atoms with E-state index in [4.69, 9.17) is 10.5 Å². The molecular formula is C12H16N2O2. The number of hydrogen-bond acceptors (Lipinski definition) is 4. The van der Waals surface area contributed by atoms with Crippen molar-refractivity contribution in [3.8, 4) is 5.75 Å². The van der Waals surface area contributed by atoms with Crippen molar-refractivity contribution in [3.63, 3.8) is 0 Å². The van der Waals surface area contributed by atoms with Crippen molar-refractivity contribution in [3.05, 3.63) is 24.0 Å². The second kappa shape index (κ2) is 4.22. The van der Waals surface area contributed by atoms with Crippen LogP contribution >= 0.6 is 0 Å². The fourth-order valence-electron chi connectivity index (χ4n) is 2.09. The Hall–Kier alpha value is -1.42. The monoisotopic (exact) mass is 220 g/mol. The van der Waals surface area contributed by atoms with E-state index in [1.807, 2.05) is 0 Å². The SMILES string of the molecule is COc1cncc(C(=O)C2(CN)CCC2)c1. The topological polar surface area (TPSA) is 65.2 Å². The molecule has 0 bridgehead atoms. The number of aromatic nitrogens is 1. The van der Waals surface area contributed by atoms with Crippen LogP contribution in [-0.2, 0) is 0 Å². The Morgan fingerprint density at radius 2 is 2.31 bits per heavy atom. The van der Waals surface area contributed by atoms with E-state index >= 15 is 0 Å². The van der Waals surface area contributed by atoms with Crippen LogP contribution in [0.4, 0.5) is 0 Å². The van der Waals surface area contributed by atoms with Gasteiger partial charge in [0.15, 0.2) is 5.78 Å². The maximum atomic E-state index is 12.3. The number of ether oxygens (including phenoxy) is 1. The number of rotatable bonds is 4. The van der Waals surface area contributed by atoms with E-state index in [9.17, 15) is 4.79 Å². The van der Waals surface area contributed by atoms with Crippen molar-refractivity contribution in [2.75, 3.05) is 13.7 Å². The zero-order chi connectivity index (χ0) is 11.6. The van der Waals surface area contributed by atoms with E-state index < -0.39 is 0 Å². The van der Waals surface area contributed by atoms with Gasteiger partial charge in [-0.2, -0.15) is 0 Å². The number of pyridine rings is 1. The Balaban J connectivity index is 2.26. The van der Waals surface area contributed by atoms with E-state index in [1.54, 1.807) is 25.6 Å². The maximum Gasteiger partial charge on any atom is 0.171 e. The lowest BCUT2D eigenvalue weighted by atomic mass is 9.65. The standard InChI is InChI=1S/C12H16N2O2/c1-16-10-5-9(6-14-7-10)11(15)12(8-13)3-2-4-12/h5-7H,2-4,8,13H2,1H3. The molecule has 2 N–H and O–H groups in total. The third-order valence-electron chi connectivity index (χ3n) is 3.39. The second-order valence-electron chi connectivity index (χ2n) is 4.28. The highest BCUT2D eigenvalue weighted by Gasteiger charge is 2.43. The van der Waals surface area contributed by atoms with E-state index in [2.05, 4.69) is 4.98 Å². The van der Waals surface area contributed by atoms with Gasteiger partial charge in [0.2, 0.25) is 0 Å². The summed E-state index contributed by atoms with van der Waals surface area (Å²) in [5.74, 6) is 0.713. The van der Waals surface area contributed by atoms with Crippen LogP contribution in [0.2, 0.25) is 0 Å². The number of Topliss-reactive ketones (excluding diaryl/α,β-unsaturated/α-hetero) is 1. The van der Waals surface area contributed by atoms with Crippen LogP contribution in [-0.4, -0.2) is 24.4 Å². The lowest BCUT2D eigenvalue weighted by Crippen LogP contribution is -2.44. The van der Waals surface area contributed by atoms with Crippen molar-refractivity contribution in [2.45, 2.75) is 19.3 Å². The molecule has 1 saturated carbocycles. The molecule has 86 valence electrons. The average molecular weight is 220 g/mol. The first-order chi connectivity index (χ1) is 7.72. The zero-order valence-corrected chi connectivity index (χ0v) is 9.40. The zero-order valence-electron chi connectivity index (χ0n) is 9.40. The average Bonchev–Trinajstić information content (AvgIpc) is 2.28. The molecule has 1 aromatic heterocycles. The molecule has 1 aromatic rings. The molecule has 0 radical (unpaired) electrons. The van der Waals surface area contributed by atoms with Gasteiger partial charge in [0.05, 0.1) is 13.3 Å². The number of methoxy groups -OCH3 is 1. The molecule has 0 aromatic carbocycles. The van der Waals surface area contributed by atoms with Gasteiger partial charge in [-0.3, -0.25) is 9.78 Å². The highest BCUT2D eigenvalue weighted by Crippen LogP contribution is 2.42. The highest BCUT2D eigenvalue weighted by molar-refractivity contribution is 6.01. The molecule has 0 amide bonds. The molecule has 1 aliphatic rings.